The number of rotatable bonds is 5. The number of nitrogens with zero attached hydrogens (tertiary/aromatic N) is 2. The highest BCUT2D eigenvalue weighted by molar-refractivity contribution is 5.85. The molecule has 0 atom stereocenters. The minimum Gasteiger partial charge on any atom is -0.443 e. The molecule has 1 saturated carbocycles. The number of hydrogen-bond donors (Lipinski definition) is 1. The van der Waals surface area contributed by atoms with Crippen LogP contribution in [0.3, 0.4) is 0 Å². The van der Waals surface area contributed by atoms with Crippen molar-refractivity contribution in [1.29, 1.82) is 0 Å². The van der Waals surface area contributed by atoms with Gasteiger partial charge in [0.25, 0.3) is 6.43 Å². The van der Waals surface area contributed by atoms with Gasteiger partial charge in [-0.15, -0.1) is 0 Å². The Morgan fingerprint density at radius 1 is 1.43 bits per heavy atom. The van der Waals surface area contributed by atoms with Crippen molar-refractivity contribution < 1.29 is 27.1 Å². The molecule has 0 unspecified atom stereocenters. The molecule has 1 aromatic heterocycles. The molecule has 0 radical (unpaired) electrons. The van der Waals surface area contributed by atoms with E-state index in [-0.39, 0.29) is 30.5 Å². The molecule has 1 N–H and O–H groups in total. The molecule has 1 aliphatic carbocycles. The van der Waals surface area contributed by atoms with Gasteiger partial charge < -0.3 is 4.74 Å². The van der Waals surface area contributed by atoms with Crippen molar-refractivity contribution in [1.82, 2.24) is 9.78 Å². The third-order valence-corrected chi connectivity index (χ3v) is 3.73. The van der Waals surface area contributed by atoms with Gasteiger partial charge in [0.05, 0.1) is 5.69 Å². The van der Waals surface area contributed by atoms with Crippen molar-refractivity contribution in [3.63, 3.8) is 0 Å². The maximum absolute atomic E-state index is 13.1. The lowest BCUT2D eigenvalue weighted by Crippen LogP contribution is -2.34. The Labute approximate surface area is 131 Å². The van der Waals surface area contributed by atoms with Crippen molar-refractivity contribution in [3.8, 4) is 0 Å². The maximum Gasteiger partial charge on any atom is 0.413 e. The topological polar surface area (TPSA) is 56.2 Å². The van der Waals surface area contributed by atoms with Crippen LogP contribution < -0.4 is 5.32 Å². The second-order valence-electron chi connectivity index (χ2n) is 6.00. The molecular formula is C14H19F4N3O2. The molecule has 23 heavy (non-hydrogen) atoms. The van der Waals surface area contributed by atoms with E-state index in [4.69, 9.17) is 0 Å². The zero-order valence-corrected chi connectivity index (χ0v) is 13.1. The van der Waals surface area contributed by atoms with Gasteiger partial charge in [-0.3, -0.25) is 10.00 Å². The minimum absolute atomic E-state index is 0.0849. The molecule has 9 heteroatoms. The second-order valence-corrected chi connectivity index (χ2v) is 6.00. The van der Waals surface area contributed by atoms with Gasteiger partial charge in [0.1, 0.15) is 5.82 Å². The van der Waals surface area contributed by atoms with Gasteiger partial charge in [0.15, 0.2) is 6.61 Å². The number of halogens is 4. The smallest absolute Gasteiger partial charge is 0.413 e. The van der Waals surface area contributed by atoms with Crippen LogP contribution in [0.4, 0.5) is 28.2 Å². The molecule has 0 bridgehead atoms. The van der Waals surface area contributed by atoms with Crippen LogP contribution in [0.25, 0.3) is 0 Å². The molecular weight excluding hydrogens is 318 g/mol. The summed E-state index contributed by atoms with van der Waals surface area (Å²) in [6, 6.07) is 0. The number of aryl methyl sites for hydroxylation is 1. The minimum atomic E-state index is -2.76. The molecule has 1 fully saturated rings. The second kappa shape index (κ2) is 6.37. The summed E-state index contributed by atoms with van der Waals surface area (Å²) < 4.78 is 56.1. The van der Waals surface area contributed by atoms with Crippen LogP contribution in [0.5, 0.6) is 0 Å². The van der Waals surface area contributed by atoms with Crippen LogP contribution in [-0.2, 0) is 11.8 Å². The number of ether oxygens (including phenoxy) is 1. The highest BCUT2D eigenvalue weighted by atomic mass is 19.3. The lowest BCUT2D eigenvalue weighted by molar-refractivity contribution is -0.0878. The van der Waals surface area contributed by atoms with Crippen LogP contribution in [-0.4, -0.2) is 34.8 Å². The molecule has 0 spiro atoms. The Kier molecular flexibility index (Phi) is 4.86. The summed E-state index contributed by atoms with van der Waals surface area (Å²) in [4.78, 5) is 11.6. The quantitative estimate of drug-likeness (QED) is 0.830. The summed E-state index contributed by atoms with van der Waals surface area (Å²) in [5.41, 5.74) is 1.14. The first-order valence-electron chi connectivity index (χ1n) is 7.27. The third kappa shape index (κ3) is 3.94. The van der Waals surface area contributed by atoms with E-state index in [1.807, 2.05) is 13.8 Å². The van der Waals surface area contributed by atoms with E-state index in [0.717, 1.165) is 0 Å². The number of nitrogens with one attached hydrogen (secondary N) is 1. The Hall–Kier alpha value is -1.80. The summed E-state index contributed by atoms with van der Waals surface area (Å²) in [7, 11) is 1.55. The lowest BCUT2D eigenvalue weighted by atomic mass is 9.77. The number of anilines is 1. The van der Waals surface area contributed by atoms with E-state index >= 15 is 0 Å². The zero-order valence-electron chi connectivity index (χ0n) is 13.1. The number of carbonyl (C=O) groups excluding carboxylic acids is 1. The van der Waals surface area contributed by atoms with E-state index in [1.165, 1.54) is 4.68 Å². The predicted molar refractivity (Wildman–Crippen MR) is 75.2 cm³/mol. The van der Waals surface area contributed by atoms with E-state index in [0.29, 0.717) is 11.3 Å². The van der Waals surface area contributed by atoms with E-state index in [2.05, 4.69) is 15.2 Å². The van der Waals surface area contributed by atoms with Gasteiger partial charge in [-0.1, -0.05) is 13.8 Å². The van der Waals surface area contributed by atoms with Gasteiger partial charge in [0, 0.05) is 31.4 Å². The average Bonchev–Trinajstić information content (AvgIpc) is 2.70. The Balaban J connectivity index is 2.19. The highest BCUT2D eigenvalue weighted by Gasteiger charge is 2.48. The van der Waals surface area contributed by atoms with Crippen LogP contribution in [0.15, 0.2) is 0 Å². The third-order valence-electron chi connectivity index (χ3n) is 3.73. The Bertz CT molecular complexity index is 579. The van der Waals surface area contributed by atoms with Crippen LogP contribution in [0.2, 0.25) is 0 Å². The fraction of sp³-hybridized carbons (Fsp3) is 0.714. The summed E-state index contributed by atoms with van der Waals surface area (Å²) in [6.45, 7) is 2.67. The number of alkyl halides is 4. The Morgan fingerprint density at radius 3 is 2.52 bits per heavy atom. The number of hydrogen-bond acceptors (Lipinski definition) is 3. The van der Waals surface area contributed by atoms with Crippen molar-refractivity contribution in [2.45, 2.75) is 50.9 Å². The van der Waals surface area contributed by atoms with E-state index in [9.17, 15) is 22.4 Å². The normalized spacial score (nSPS) is 17.4. The molecule has 2 rings (SSSR count). The summed E-state index contributed by atoms with van der Waals surface area (Å²) in [5, 5.41) is 6.61. The maximum atomic E-state index is 13.1. The average molecular weight is 337 g/mol. The first-order valence-corrected chi connectivity index (χ1v) is 7.27. The fourth-order valence-electron chi connectivity index (χ4n) is 2.71. The monoisotopic (exact) mass is 337 g/mol. The molecule has 0 aromatic carbocycles. The largest absolute Gasteiger partial charge is 0.443 e. The molecule has 1 heterocycles. The number of carbonyl (C=O) groups is 1. The molecule has 0 saturated heterocycles. The SMILES string of the molecule is CC(C)c1c(C2CC(F)(F)C2)nn(C)c1NC(=O)OCC(F)F. The highest BCUT2D eigenvalue weighted by Crippen LogP contribution is 2.50. The molecule has 1 amide bonds. The van der Waals surface area contributed by atoms with Crippen molar-refractivity contribution in [3.05, 3.63) is 11.3 Å². The summed E-state index contributed by atoms with van der Waals surface area (Å²) in [5.74, 6) is -2.86. The Morgan fingerprint density at radius 2 is 2.04 bits per heavy atom. The summed E-state index contributed by atoms with van der Waals surface area (Å²) in [6.07, 6.45) is -4.34. The van der Waals surface area contributed by atoms with E-state index < -0.39 is 25.0 Å². The van der Waals surface area contributed by atoms with Crippen LogP contribution >= 0.6 is 0 Å². The van der Waals surface area contributed by atoms with Crippen molar-refractivity contribution in [2.24, 2.45) is 7.05 Å². The van der Waals surface area contributed by atoms with E-state index in [1.54, 1.807) is 7.05 Å². The molecule has 0 aliphatic heterocycles. The molecule has 1 aliphatic rings. The number of aromatic nitrogens is 2. The van der Waals surface area contributed by atoms with Crippen molar-refractivity contribution >= 4 is 11.9 Å². The lowest BCUT2D eigenvalue weighted by Gasteiger charge is -2.34. The van der Waals surface area contributed by atoms with Crippen molar-refractivity contribution in [2.75, 3.05) is 11.9 Å². The molecule has 130 valence electrons. The first-order chi connectivity index (χ1) is 10.6. The fourth-order valence-corrected chi connectivity index (χ4v) is 2.71. The molecule has 1 aromatic rings. The van der Waals surface area contributed by atoms with Crippen LogP contribution in [0, 0.1) is 0 Å². The van der Waals surface area contributed by atoms with Gasteiger partial charge in [-0.25, -0.2) is 22.4 Å². The molecule has 5 nitrogen and oxygen atoms in total. The zero-order chi connectivity index (χ0) is 17.4. The standard InChI is InChI=1S/C14H19F4N3O2/c1-7(2)10-11(8-4-14(17,18)5-8)20-21(3)12(10)19-13(22)23-6-9(15)16/h7-9H,4-6H2,1-3H3,(H,19,22). The van der Waals surface area contributed by atoms with Gasteiger partial charge >= 0.3 is 6.09 Å². The number of amides is 1. The van der Waals surface area contributed by atoms with Gasteiger partial charge in [-0.05, 0) is 5.92 Å². The predicted octanol–water partition coefficient (Wildman–Crippen LogP) is 3.87. The first kappa shape index (κ1) is 17.6. The van der Waals surface area contributed by atoms with Crippen LogP contribution in [0.1, 0.15) is 49.8 Å². The summed E-state index contributed by atoms with van der Waals surface area (Å²) >= 11 is 0. The van der Waals surface area contributed by atoms with Gasteiger partial charge in [-0.2, -0.15) is 5.10 Å². The van der Waals surface area contributed by atoms with Gasteiger partial charge in [0.2, 0.25) is 5.92 Å².